The molecule has 1 aliphatic heterocycles. The quantitative estimate of drug-likeness (QED) is 0.483. The number of fused-ring (bicyclic) bond motifs is 1. The van der Waals surface area contributed by atoms with Crippen molar-refractivity contribution in [1.29, 1.82) is 0 Å². The van der Waals surface area contributed by atoms with Crippen molar-refractivity contribution < 1.29 is 0 Å². The molecule has 0 unspecified atom stereocenters. The van der Waals surface area contributed by atoms with Gasteiger partial charge in [0, 0.05) is 6.04 Å². The Morgan fingerprint density at radius 2 is 2.17 bits per heavy atom. The van der Waals surface area contributed by atoms with Gasteiger partial charge in [0.05, 0.1) is 11.6 Å². The number of aromatic amines is 1. The number of thioether (sulfide) groups is 1. The number of nitrogens with one attached hydrogen (secondary N) is 3. The summed E-state index contributed by atoms with van der Waals surface area (Å²) < 4.78 is 0. The Hall–Kier alpha value is -1.54. The van der Waals surface area contributed by atoms with Crippen molar-refractivity contribution in [1.82, 2.24) is 20.2 Å². The van der Waals surface area contributed by atoms with Crippen LogP contribution in [0.5, 0.6) is 0 Å². The van der Waals surface area contributed by atoms with E-state index in [4.69, 9.17) is 5.84 Å². The first-order chi connectivity index (χ1) is 8.86. The summed E-state index contributed by atoms with van der Waals surface area (Å²) in [4.78, 5) is 8.56. The highest BCUT2D eigenvalue weighted by molar-refractivity contribution is 7.99. The van der Waals surface area contributed by atoms with E-state index in [-0.39, 0.29) is 0 Å². The van der Waals surface area contributed by atoms with Crippen LogP contribution in [0, 0.1) is 0 Å². The number of H-pyrrole nitrogens is 1. The number of hydrazine groups is 1. The third kappa shape index (κ3) is 2.21. The number of hydrogen-bond donors (Lipinski definition) is 4. The monoisotopic (exact) mass is 265 g/mol. The number of nitrogen functional groups attached to an aromatic ring is 1. The third-order valence-corrected chi connectivity index (χ3v) is 4.05. The van der Waals surface area contributed by atoms with E-state index < -0.39 is 0 Å². The maximum atomic E-state index is 5.37. The first kappa shape index (κ1) is 11.5. The van der Waals surface area contributed by atoms with Gasteiger partial charge < -0.3 is 5.32 Å². The van der Waals surface area contributed by atoms with Gasteiger partial charge in [-0.1, -0.05) is 0 Å². The van der Waals surface area contributed by atoms with Gasteiger partial charge in [0.15, 0.2) is 5.65 Å². The van der Waals surface area contributed by atoms with Crippen molar-refractivity contribution in [2.75, 3.05) is 22.2 Å². The molecule has 0 saturated carbocycles. The van der Waals surface area contributed by atoms with Gasteiger partial charge in [0.1, 0.15) is 5.82 Å². The number of hydrogen-bond acceptors (Lipinski definition) is 7. The first-order valence-corrected chi connectivity index (χ1v) is 7.04. The molecule has 1 fully saturated rings. The molecular weight excluding hydrogens is 250 g/mol. The highest BCUT2D eigenvalue weighted by Gasteiger charge is 2.16. The van der Waals surface area contributed by atoms with Gasteiger partial charge >= 0.3 is 0 Å². The van der Waals surface area contributed by atoms with E-state index in [0.29, 0.717) is 17.6 Å². The summed E-state index contributed by atoms with van der Waals surface area (Å²) in [6.45, 7) is 0. The summed E-state index contributed by atoms with van der Waals surface area (Å²) in [5.41, 5.74) is 3.16. The number of aromatic nitrogens is 4. The molecule has 2 aromatic heterocycles. The maximum Gasteiger partial charge on any atom is 0.241 e. The van der Waals surface area contributed by atoms with E-state index in [1.54, 1.807) is 6.20 Å². The minimum absolute atomic E-state index is 0.388. The Labute approximate surface area is 108 Å². The largest absolute Gasteiger partial charge is 0.367 e. The average Bonchev–Trinajstić information content (AvgIpc) is 2.88. The van der Waals surface area contributed by atoms with Gasteiger partial charge in [-0.2, -0.15) is 26.8 Å². The van der Waals surface area contributed by atoms with Crippen LogP contribution in [0.3, 0.4) is 0 Å². The zero-order valence-corrected chi connectivity index (χ0v) is 10.6. The Kier molecular flexibility index (Phi) is 3.20. The molecule has 1 aliphatic rings. The summed E-state index contributed by atoms with van der Waals surface area (Å²) in [6.07, 6.45) is 4.04. The van der Waals surface area contributed by atoms with Crippen molar-refractivity contribution in [3.63, 3.8) is 0 Å². The summed E-state index contributed by atoms with van der Waals surface area (Å²) in [5, 5.41) is 11.2. The summed E-state index contributed by atoms with van der Waals surface area (Å²) in [5.74, 6) is 8.94. The highest BCUT2D eigenvalue weighted by atomic mass is 32.2. The molecule has 96 valence electrons. The van der Waals surface area contributed by atoms with Gasteiger partial charge in [0.25, 0.3) is 0 Å². The lowest BCUT2D eigenvalue weighted by Crippen LogP contribution is -2.25. The Morgan fingerprint density at radius 3 is 2.94 bits per heavy atom. The summed E-state index contributed by atoms with van der Waals surface area (Å²) in [7, 11) is 0. The van der Waals surface area contributed by atoms with Crippen LogP contribution in [0.25, 0.3) is 11.0 Å². The second kappa shape index (κ2) is 4.99. The van der Waals surface area contributed by atoms with Crippen LogP contribution in [0.15, 0.2) is 6.20 Å². The fourth-order valence-corrected chi connectivity index (χ4v) is 3.15. The molecule has 0 atom stereocenters. The molecule has 1 saturated heterocycles. The van der Waals surface area contributed by atoms with E-state index in [1.807, 2.05) is 11.8 Å². The second-order valence-electron chi connectivity index (χ2n) is 4.20. The maximum absolute atomic E-state index is 5.37. The molecule has 3 rings (SSSR count). The van der Waals surface area contributed by atoms with Crippen molar-refractivity contribution >= 4 is 34.6 Å². The number of anilines is 2. The van der Waals surface area contributed by atoms with Crippen molar-refractivity contribution in [2.45, 2.75) is 18.9 Å². The van der Waals surface area contributed by atoms with Crippen LogP contribution in [0.1, 0.15) is 12.8 Å². The van der Waals surface area contributed by atoms with Crippen molar-refractivity contribution in [3.8, 4) is 0 Å². The highest BCUT2D eigenvalue weighted by Crippen LogP contribution is 2.24. The van der Waals surface area contributed by atoms with E-state index in [9.17, 15) is 0 Å². The van der Waals surface area contributed by atoms with Crippen LogP contribution < -0.4 is 16.6 Å². The Morgan fingerprint density at radius 1 is 1.33 bits per heavy atom. The van der Waals surface area contributed by atoms with Crippen LogP contribution in [-0.2, 0) is 0 Å². The molecular formula is C10H15N7S. The predicted octanol–water partition coefficient (Wildman–Crippen LogP) is 0.946. The molecule has 0 spiro atoms. The normalized spacial score (nSPS) is 16.9. The lowest BCUT2D eigenvalue weighted by Gasteiger charge is -2.23. The molecule has 0 bridgehead atoms. The van der Waals surface area contributed by atoms with Crippen LogP contribution in [-0.4, -0.2) is 37.7 Å². The molecule has 7 nitrogen and oxygen atoms in total. The van der Waals surface area contributed by atoms with Gasteiger partial charge in [-0.15, -0.1) is 0 Å². The summed E-state index contributed by atoms with van der Waals surface area (Å²) in [6, 6.07) is 0.463. The van der Waals surface area contributed by atoms with Gasteiger partial charge in [0.2, 0.25) is 5.95 Å². The SMILES string of the molecule is NNc1nc(NC2CCSCC2)c2cn[nH]c2n1. The minimum atomic E-state index is 0.388. The summed E-state index contributed by atoms with van der Waals surface area (Å²) >= 11 is 2.00. The topological polar surface area (TPSA) is 105 Å². The van der Waals surface area contributed by atoms with E-state index in [2.05, 4.69) is 30.9 Å². The van der Waals surface area contributed by atoms with Crippen molar-refractivity contribution in [3.05, 3.63) is 6.20 Å². The van der Waals surface area contributed by atoms with Gasteiger partial charge in [-0.25, -0.2) is 5.84 Å². The molecule has 3 heterocycles. The molecule has 0 radical (unpaired) electrons. The first-order valence-electron chi connectivity index (χ1n) is 5.89. The molecule has 2 aromatic rings. The van der Waals surface area contributed by atoms with Gasteiger partial charge in [-0.05, 0) is 24.3 Å². The lowest BCUT2D eigenvalue weighted by atomic mass is 10.1. The minimum Gasteiger partial charge on any atom is -0.367 e. The van der Waals surface area contributed by atoms with Crippen LogP contribution in [0.2, 0.25) is 0 Å². The fourth-order valence-electron chi connectivity index (χ4n) is 2.04. The Bertz CT molecular complexity index is 534. The van der Waals surface area contributed by atoms with Crippen LogP contribution >= 0.6 is 11.8 Å². The average molecular weight is 265 g/mol. The second-order valence-corrected chi connectivity index (χ2v) is 5.43. The van der Waals surface area contributed by atoms with Crippen molar-refractivity contribution in [2.24, 2.45) is 5.84 Å². The van der Waals surface area contributed by atoms with Gasteiger partial charge in [-0.3, -0.25) is 10.5 Å². The van der Waals surface area contributed by atoms with E-state index >= 15 is 0 Å². The Balaban J connectivity index is 1.91. The molecule has 0 amide bonds. The molecule has 0 aliphatic carbocycles. The standard InChI is InChI=1S/C10H15N7S/c11-16-10-14-8(7-5-12-17-9(7)15-10)13-6-1-3-18-4-2-6/h5-6H,1-4,11H2,(H3,12,13,14,15,16,17). The molecule has 8 heteroatoms. The fraction of sp³-hybridized carbons (Fsp3) is 0.500. The molecule has 0 aromatic carbocycles. The third-order valence-electron chi connectivity index (χ3n) is 3.00. The zero-order valence-electron chi connectivity index (χ0n) is 9.81. The van der Waals surface area contributed by atoms with E-state index in [0.717, 1.165) is 24.0 Å². The number of nitrogens with zero attached hydrogens (tertiary/aromatic N) is 3. The molecule has 18 heavy (non-hydrogen) atoms. The predicted molar refractivity (Wildman–Crippen MR) is 73.5 cm³/mol. The number of rotatable bonds is 3. The lowest BCUT2D eigenvalue weighted by molar-refractivity contribution is 0.664. The van der Waals surface area contributed by atoms with E-state index in [1.165, 1.54) is 11.5 Å². The molecule has 5 N–H and O–H groups in total. The van der Waals surface area contributed by atoms with Crippen LogP contribution in [0.4, 0.5) is 11.8 Å². The smallest absolute Gasteiger partial charge is 0.241 e. The zero-order chi connectivity index (χ0) is 12.4. The number of nitrogens with two attached hydrogens (primary N) is 1.